The second kappa shape index (κ2) is 41.0. The third-order valence-electron chi connectivity index (χ3n) is 20.9. The zero-order chi connectivity index (χ0) is 91.7. The molecule has 660 valence electrons. The van der Waals surface area contributed by atoms with Gasteiger partial charge >= 0.3 is 6.36 Å². The van der Waals surface area contributed by atoms with Crippen molar-refractivity contribution in [3.63, 3.8) is 0 Å². The quantitative estimate of drug-likeness (QED) is 0.0227. The van der Waals surface area contributed by atoms with Crippen LogP contribution in [0.3, 0.4) is 0 Å². The van der Waals surface area contributed by atoms with Gasteiger partial charge in [-0.2, -0.15) is 0 Å². The Hall–Kier alpha value is -15.7. The Morgan fingerprint density at radius 3 is 1.10 bits per heavy atom. The highest BCUT2D eigenvalue weighted by atomic mass is 19.4. The summed E-state index contributed by atoms with van der Waals surface area (Å²) in [4.78, 5) is 60.9. The van der Waals surface area contributed by atoms with Gasteiger partial charge < -0.3 is 63.2 Å². The van der Waals surface area contributed by atoms with Gasteiger partial charge in [0.2, 0.25) is 0 Å². The van der Waals surface area contributed by atoms with E-state index in [2.05, 4.69) is 26.0 Å². The van der Waals surface area contributed by atoms with Crippen molar-refractivity contribution in [2.24, 2.45) is 0 Å². The lowest BCUT2D eigenvalue weighted by Crippen LogP contribution is -2.26. The standard InChI is InChI=1S/2C25H22F2N2O3.C24H17F5N2O2.C24H19F2N3O3/c1-31-23-8-3-16(11-24(23)32-2)14-28-25(30)18-5-7-22-17(12-18)9-10-29(22)15-19-4-6-20(26)13-21(19)27;1-31-21-7-4-18(24(13-21)32-2)14-28-25(30)17-5-8-23-16(11-17)9-10-29(23)15-19-3-6-20(26)12-22(19)27;25-19-6-4-18(21(26)12-19)14-31-9-8-16-11-17(5-7-22(16)31)23(32)30-13-15-2-1-3-20(10-15)33-24(27,28)29;1-15(16-3-7-21(8-4-16)29(31)32)27-24(30)18-5-9-23-17(12-18)10-11-28(23)14-19-2-6-20(25)13-22(19)26/h2*3-13H,14-15H2,1-2H3,(H,28,30);1-12H,13-14H2,(H,30,32);2-13,15H,14H2,1H3,(H,27,30)/t;;;15-/m...0/s1. The van der Waals surface area contributed by atoms with E-state index in [0.29, 0.717) is 86.2 Å². The number of nitro groups is 1. The average molecular weight is 1770 g/mol. The van der Waals surface area contributed by atoms with Crippen LogP contribution in [0.5, 0.6) is 28.7 Å². The number of rotatable bonds is 26. The Bertz CT molecular complexity index is 6810. The van der Waals surface area contributed by atoms with Gasteiger partial charge in [-0.3, -0.25) is 29.3 Å². The Morgan fingerprint density at radius 2 is 0.736 bits per heavy atom. The van der Waals surface area contributed by atoms with Gasteiger partial charge in [0, 0.05) is 181 Å². The number of methoxy groups -OCH3 is 4. The highest BCUT2D eigenvalue weighted by Gasteiger charge is 2.31. The summed E-state index contributed by atoms with van der Waals surface area (Å²) in [5.41, 5.74) is 9.47. The van der Waals surface area contributed by atoms with E-state index < -0.39 is 63.7 Å². The molecule has 31 heteroatoms. The van der Waals surface area contributed by atoms with Crippen molar-refractivity contribution >= 4 is 72.9 Å². The second-order valence-corrected chi connectivity index (χ2v) is 29.5. The first-order chi connectivity index (χ1) is 61.9. The number of alkyl halides is 3. The van der Waals surface area contributed by atoms with Gasteiger partial charge in [0.25, 0.3) is 29.3 Å². The smallest absolute Gasteiger partial charge is 0.497 e. The minimum Gasteiger partial charge on any atom is -0.497 e. The highest BCUT2D eigenvalue weighted by Crippen LogP contribution is 2.32. The lowest BCUT2D eigenvalue weighted by molar-refractivity contribution is -0.384. The first-order valence-corrected chi connectivity index (χ1v) is 39.7. The van der Waals surface area contributed by atoms with E-state index in [0.717, 1.165) is 84.6 Å². The molecule has 0 aliphatic carbocycles. The number of fused-ring (bicyclic) bond motifs is 4. The molecule has 4 N–H and O–H groups in total. The minimum absolute atomic E-state index is 0.0107. The average Bonchev–Trinajstić information content (AvgIpc) is 1.67. The van der Waals surface area contributed by atoms with Crippen LogP contribution >= 0.6 is 0 Å². The summed E-state index contributed by atoms with van der Waals surface area (Å²) < 4.78 is 178. The lowest BCUT2D eigenvalue weighted by Gasteiger charge is -2.14. The Labute approximate surface area is 730 Å². The maximum Gasteiger partial charge on any atom is 0.573 e. The van der Waals surface area contributed by atoms with Gasteiger partial charge in [-0.25, -0.2) is 35.1 Å². The van der Waals surface area contributed by atoms with E-state index >= 15 is 0 Å². The molecule has 16 aromatic rings. The molecule has 0 fully saturated rings. The molecular formula is C98H80F11N9O11. The van der Waals surface area contributed by atoms with E-state index in [1.165, 1.54) is 78.9 Å². The van der Waals surface area contributed by atoms with E-state index in [1.54, 1.807) is 149 Å². The third-order valence-corrected chi connectivity index (χ3v) is 20.9. The van der Waals surface area contributed by atoms with Crippen LogP contribution in [0.15, 0.2) is 280 Å². The fraction of sp³-hybridized carbons (Fsp3) is 0.143. The number of nitrogens with zero attached hydrogens (tertiary/aromatic N) is 5. The predicted molar refractivity (Wildman–Crippen MR) is 464 cm³/mol. The van der Waals surface area contributed by atoms with Crippen molar-refractivity contribution in [2.75, 3.05) is 28.4 Å². The molecule has 129 heavy (non-hydrogen) atoms. The normalized spacial score (nSPS) is 11.3. The first-order valence-electron chi connectivity index (χ1n) is 39.7. The lowest BCUT2D eigenvalue weighted by atomic mass is 10.1. The van der Waals surface area contributed by atoms with Crippen LogP contribution < -0.4 is 45.0 Å². The monoisotopic (exact) mass is 1770 g/mol. The summed E-state index contributed by atoms with van der Waals surface area (Å²) in [5.74, 6) is -3.86. The number of hydrogen-bond acceptors (Lipinski definition) is 11. The summed E-state index contributed by atoms with van der Waals surface area (Å²) in [6, 6.07) is 64.1. The van der Waals surface area contributed by atoms with E-state index in [9.17, 15) is 77.6 Å². The van der Waals surface area contributed by atoms with E-state index in [-0.39, 0.29) is 67.9 Å². The highest BCUT2D eigenvalue weighted by molar-refractivity contribution is 6.01. The van der Waals surface area contributed by atoms with E-state index in [4.69, 9.17) is 18.9 Å². The van der Waals surface area contributed by atoms with Crippen LogP contribution in [0.2, 0.25) is 0 Å². The van der Waals surface area contributed by atoms with Crippen LogP contribution in [0.1, 0.15) is 98.9 Å². The number of hydrogen-bond donors (Lipinski definition) is 4. The van der Waals surface area contributed by atoms with Crippen molar-refractivity contribution in [2.45, 2.75) is 65.1 Å². The summed E-state index contributed by atoms with van der Waals surface area (Å²) in [7, 11) is 6.28. The molecule has 0 unspecified atom stereocenters. The van der Waals surface area contributed by atoms with Crippen LogP contribution in [-0.4, -0.2) is 81.6 Å². The number of amides is 4. The van der Waals surface area contributed by atoms with Gasteiger partial charge in [0.05, 0.1) is 65.6 Å². The molecule has 4 aromatic heterocycles. The van der Waals surface area contributed by atoms with Crippen LogP contribution in [0.4, 0.5) is 54.0 Å². The second-order valence-electron chi connectivity index (χ2n) is 29.5. The zero-order valence-electron chi connectivity index (χ0n) is 69.5. The molecule has 0 bridgehead atoms. The van der Waals surface area contributed by atoms with Gasteiger partial charge in [-0.15, -0.1) is 13.2 Å². The number of nitro benzene ring substituents is 1. The molecule has 4 heterocycles. The summed E-state index contributed by atoms with van der Waals surface area (Å²) in [5, 5.41) is 25.4. The van der Waals surface area contributed by atoms with E-state index in [1.807, 2.05) is 80.7 Å². The Balaban J connectivity index is 0.000000147. The first kappa shape index (κ1) is 91.0. The van der Waals surface area contributed by atoms with Crippen LogP contribution in [0.25, 0.3) is 43.6 Å². The fourth-order valence-electron chi connectivity index (χ4n) is 14.2. The molecule has 0 radical (unpaired) electrons. The SMILES string of the molecule is COc1ccc(CNC(=O)c2ccc3c(ccn3Cc3ccc(F)cc3F)c2)c(OC)c1.COc1ccc(CNC(=O)c2ccc3c(ccn3Cc3ccc(F)cc3F)c2)cc1OC.C[C@H](NC(=O)c1ccc2c(ccn2Cc2ccc(F)cc2F)c1)c1ccc([N+](=O)[O-])cc1.O=C(NCc1cccc(OC(F)(F)F)c1)c1ccc2c(ccn2Cc2ccc(F)cc2F)c1. The molecule has 12 aromatic carbocycles. The molecule has 0 saturated heterocycles. The molecule has 4 amide bonds. The van der Waals surface area contributed by atoms with Crippen molar-refractivity contribution in [3.05, 3.63) is 403 Å². The van der Waals surface area contributed by atoms with Crippen molar-refractivity contribution in [3.8, 4) is 28.7 Å². The molecule has 20 nitrogen and oxygen atoms in total. The number of carbonyl (C=O) groups excluding carboxylic acids is 4. The number of nitrogens with one attached hydrogen (secondary N) is 4. The van der Waals surface area contributed by atoms with Gasteiger partial charge in [0.15, 0.2) is 11.5 Å². The molecule has 0 saturated carbocycles. The Kier molecular flexibility index (Phi) is 28.9. The maximum atomic E-state index is 14.0. The molecule has 1 atom stereocenters. The number of benzene rings is 12. The zero-order valence-corrected chi connectivity index (χ0v) is 69.5. The third kappa shape index (κ3) is 23.3. The van der Waals surface area contributed by atoms with Crippen molar-refractivity contribution in [1.82, 2.24) is 39.5 Å². The molecule has 0 spiro atoms. The van der Waals surface area contributed by atoms with Gasteiger partial charge in [-0.1, -0.05) is 54.6 Å². The van der Waals surface area contributed by atoms with Crippen molar-refractivity contribution < 1.29 is 96.1 Å². The topological polar surface area (TPSA) is 225 Å². The van der Waals surface area contributed by atoms with Gasteiger partial charge in [0.1, 0.15) is 63.8 Å². The fourth-order valence-corrected chi connectivity index (χ4v) is 14.2. The molecule has 16 rings (SSSR count). The number of non-ortho nitro benzene ring substituents is 1. The largest absolute Gasteiger partial charge is 0.573 e. The Morgan fingerprint density at radius 1 is 0.364 bits per heavy atom. The van der Waals surface area contributed by atoms with Crippen LogP contribution in [0, 0.1) is 56.7 Å². The summed E-state index contributed by atoms with van der Waals surface area (Å²) >= 11 is 0. The maximum absolute atomic E-state index is 14.0. The number of carbonyl (C=O) groups is 4. The number of ether oxygens (including phenoxy) is 5. The molecule has 0 aliphatic rings. The predicted octanol–water partition coefficient (Wildman–Crippen LogP) is 21.0. The number of aromatic nitrogens is 4. The minimum atomic E-state index is -4.80. The number of halogens is 11. The van der Waals surface area contributed by atoms with Gasteiger partial charge in [-0.05, 0) is 181 Å². The molecular weight excluding hydrogens is 1690 g/mol. The van der Waals surface area contributed by atoms with Crippen molar-refractivity contribution in [1.29, 1.82) is 0 Å². The van der Waals surface area contributed by atoms with Crippen LogP contribution in [-0.2, 0) is 45.8 Å². The summed E-state index contributed by atoms with van der Waals surface area (Å²) in [6.07, 6.45) is 2.36. The summed E-state index contributed by atoms with van der Waals surface area (Å²) in [6.45, 7) is 3.40. The molecule has 0 aliphatic heterocycles.